The van der Waals surface area contributed by atoms with Crippen molar-refractivity contribution in [1.29, 1.82) is 0 Å². The van der Waals surface area contributed by atoms with Gasteiger partial charge in [0.1, 0.15) is 5.75 Å². The van der Waals surface area contributed by atoms with Crippen LogP contribution in [-0.4, -0.2) is 5.11 Å². The number of phenols is 1. The molecule has 20 heavy (non-hydrogen) atoms. The Hall–Kier alpha value is -2.48. The molecule has 2 N–H and O–H groups in total. The fourth-order valence-corrected chi connectivity index (χ4v) is 2.47. The molecule has 0 aliphatic rings. The maximum Gasteiger partial charge on any atom is 0.121 e. The fourth-order valence-electron chi connectivity index (χ4n) is 2.47. The number of aryl methyl sites for hydroxylation is 1. The van der Waals surface area contributed by atoms with Gasteiger partial charge in [-0.15, -0.1) is 0 Å². The molecule has 3 rings (SSSR count). The molecule has 0 aromatic heterocycles. The van der Waals surface area contributed by atoms with Crippen LogP contribution >= 0.6 is 0 Å². The largest absolute Gasteiger partial charge is 0.508 e. The number of rotatable bonds is 3. The van der Waals surface area contributed by atoms with E-state index in [0.29, 0.717) is 12.3 Å². The summed E-state index contributed by atoms with van der Waals surface area (Å²) in [5, 5.41) is 15.8. The van der Waals surface area contributed by atoms with Gasteiger partial charge in [0.2, 0.25) is 0 Å². The second-order valence-electron chi connectivity index (χ2n) is 4.95. The van der Waals surface area contributed by atoms with Crippen LogP contribution in [0.4, 0.5) is 5.69 Å². The van der Waals surface area contributed by atoms with Gasteiger partial charge in [-0.05, 0) is 35.4 Å². The molecular formula is C18H17NO. The Bertz CT molecular complexity index is 749. The maximum atomic E-state index is 10.1. The minimum Gasteiger partial charge on any atom is -0.508 e. The molecule has 2 heteroatoms. The quantitative estimate of drug-likeness (QED) is 0.731. The molecule has 0 atom stereocenters. The molecule has 0 heterocycles. The van der Waals surface area contributed by atoms with Crippen LogP contribution in [0.5, 0.6) is 5.75 Å². The third-order valence-corrected chi connectivity index (χ3v) is 3.62. The summed E-state index contributed by atoms with van der Waals surface area (Å²) in [4.78, 5) is 0. The van der Waals surface area contributed by atoms with Gasteiger partial charge in [-0.3, -0.25) is 0 Å². The minimum atomic E-state index is 0.338. The van der Waals surface area contributed by atoms with Crippen molar-refractivity contribution in [2.75, 3.05) is 5.32 Å². The molecule has 3 aromatic carbocycles. The van der Waals surface area contributed by atoms with Gasteiger partial charge in [-0.1, -0.05) is 48.5 Å². The Balaban J connectivity index is 1.95. The predicted molar refractivity (Wildman–Crippen MR) is 84.1 cm³/mol. The van der Waals surface area contributed by atoms with Crippen LogP contribution in [0.2, 0.25) is 0 Å². The monoisotopic (exact) mass is 263 g/mol. The van der Waals surface area contributed by atoms with Gasteiger partial charge in [-0.2, -0.15) is 0 Å². The van der Waals surface area contributed by atoms with E-state index in [9.17, 15) is 5.11 Å². The summed E-state index contributed by atoms with van der Waals surface area (Å²) in [6, 6.07) is 20.0. The van der Waals surface area contributed by atoms with Gasteiger partial charge in [0.25, 0.3) is 0 Å². The second kappa shape index (κ2) is 5.25. The zero-order chi connectivity index (χ0) is 13.9. The van der Waals surface area contributed by atoms with Crippen molar-refractivity contribution in [1.82, 2.24) is 0 Å². The first-order valence-electron chi connectivity index (χ1n) is 6.75. The number of hydrogen-bond acceptors (Lipinski definition) is 2. The molecule has 0 unspecified atom stereocenters. The van der Waals surface area contributed by atoms with Crippen molar-refractivity contribution in [2.45, 2.75) is 13.5 Å². The van der Waals surface area contributed by atoms with Gasteiger partial charge in [-0.25, -0.2) is 0 Å². The third kappa shape index (κ3) is 2.32. The molecule has 100 valence electrons. The number of anilines is 1. The predicted octanol–water partition coefficient (Wildman–Crippen LogP) is 4.47. The van der Waals surface area contributed by atoms with Crippen LogP contribution in [0.25, 0.3) is 10.8 Å². The SMILES string of the molecule is Cc1ccccc1NCc1c(O)ccc2ccccc12. The normalized spacial score (nSPS) is 10.7. The molecule has 0 saturated carbocycles. The van der Waals surface area contributed by atoms with Crippen LogP contribution in [0.15, 0.2) is 60.7 Å². The van der Waals surface area contributed by atoms with Crippen LogP contribution < -0.4 is 5.32 Å². The number of para-hydroxylation sites is 1. The van der Waals surface area contributed by atoms with E-state index in [0.717, 1.165) is 22.0 Å². The van der Waals surface area contributed by atoms with E-state index >= 15 is 0 Å². The van der Waals surface area contributed by atoms with Gasteiger partial charge in [0.15, 0.2) is 0 Å². The lowest BCUT2D eigenvalue weighted by Gasteiger charge is -2.13. The van der Waals surface area contributed by atoms with E-state index in [1.54, 1.807) is 6.07 Å². The van der Waals surface area contributed by atoms with Gasteiger partial charge < -0.3 is 10.4 Å². The number of nitrogens with one attached hydrogen (secondary N) is 1. The number of phenolic OH excluding ortho intramolecular Hbond substituents is 1. The summed E-state index contributed by atoms with van der Waals surface area (Å²) >= 11 is 0. The Labute approximate surface area is 118 Å². The standard InChI is InChI=1S/C18H17NO/c1-13-6-2-5-9-17(13)19-12-16-15-8-4-3-7-14(15)10-11-18(16)20/h2-11,19-20H,12H2,1H3. The average Bonchev–Trinajstić information content (AvgIpc) is 2.48. The van der Waals surface area contributed by atoms with Crippen LogP contribution in [0.1, 0.15) is 11.1 Å². The minimum absolute atomic E-state index is 0.338. The molecule has 0 aliphatic heterocycles. The highest BCUT2D eigenvalue weighted by Gasteiger charge is 2.07. The maximum absolute atomic E-state index is 10.1. The smallest absolute Gasteiger partial charge is 0.121 e. The third-order valence-electron chi connectivity index (χ3n) is 3.62. The fraction of sp³-hybridized carbons (Fsp3) is 0.111. The van der Waals surface area contributed by atoms with Crippen LogP contribution in [-0.2, 0) is 6.54 Å². The van der Waals surface area contributed by atoms with E-state index in [2.05, 4.69) is 30.4 Å². The van der Waals surface area contributed by atoms with Crippen molar-refractivity contribution in [3.63, 3.8) is 0 Å². The Morgan fingerprint density at radius 1 is 0.900 bits per heavy atom. The Morgan fingerprint density at radius 2 is 1.65 bits per heavy atom. The van der Waals surface area contributed by atoms with Gasteiger partial charge >= 0.3 is 0 Å². The molecule has 0 saturated heterocycles. The highest BCUT2D eigenvalue weighted by Crippen LogP contribution is 2.28. The number of hydrogen-bond donors (Lipinski definition) is 2. The van der Waals surface area contributed by atoms with Gasteiger partial charge in [0.05, 0.1) is 0 Å². The summed E-state index contributed by atoms with van der Waals surface area (Å²) in [6.45, 7) is 2.68. The summed E-state index contributed by atoms with van der Waals surface area (Å²) in [7, 11) is 0. The zero-order valence-corrected chi connectivity index (χ0v) is 11.4. The van der Waals surface area contributed by atoms with Crippen molar-refractivity contribution >= 4 is 16.5 Å². The average molecular weight is 263 g/mol. The molecule has 0 amide bonds. The highest BCUT2D eigenvalue weighted by molar-refractivity contribution is 5.87. The van der Waals surface area contributed by atoms with E-state index in [-0.39, 0.29) is 0 Å². The van der Waals surface area contributed by atoms with Crippen molar-refractivity contribution in [2.24, 2.45) is 0 Å². The first kappa shape index (κ1) is 12.5. The number of benzene rings is 3. The van der Waals surface area contributed by atoms with E-state index in [1.165, 1.54) is 5.56 Å². The summed E-state index contributed by atoms with van der Waals surface area (Å²) in [6.07, 6.45) is 0. The zero-order valence-electron chi connectivity index (χ0n) is 11.4. The number of aromatic hydroxyl groups is 1. The lowest BCUT2D eigenvalue weighted by Crippen LogP contribution is -2.01. The molecule has 3 aromatic rings. The molecule has 0 bridgehead atoms. The number of fused-ring (bicyclic) bond motifs is 1. The molecule has 0 aliphatic carbocycles. The van der Waals surface area contributed by atoms with Crippen molar-refractivity contribution < 1.29 is 5.11 Å². The molecule has 2 nitrogen and oxygen atoms in total. The van der Waals surface area contributed by atoms with E-state index < -0.39 is 0 Å². The van der Waals surface area contributed by atoms with Gasteiger partial charge in [0, 0.05) is 17.8 Å². The lowest BCUT2D eigenvalue weighted by atomic mass is 10.0. The Morgan fingerprint density at radius 3 is 2.50 bits per heavy atom. The summed E-state index contributed by atoms with van der Waals surface area (Å²) in [5.41, 5.74) is 3.23. The first-order chi connectivity index (χ1) is 9.75. The van der Waals surface area contributed by atoms with Crippen LogP contribution in [0.3, 0.4) is 0 Å². The molecule has 0 radical (unpaired) electrons. The molecule has 0 fully saturated rings. The molecular weight excluding hydrogens is 246 g/mol. The summed E-state index contributed by atoms with van der Waals surface area (Å²) < 4.78 is 0. The Kier molecular flexibility index (Phi) is 3.30. The highest BCUT2D eigenvalue weighted by atomic mass is 16.3. The molecule has 0 spiro atoms. The van der Waals surface area contributed by atoms with Crippen molar-refractivity contribution in [3.8, 4) is 5.75 Å². The van der Waals surface area contributed by atoms with E-state index in [4.69, 9.17) is 0 Å². The van der Waals surface area contributed by atoms with Crippen LogP contribution in [0, 0.1) is 6.92 Å². The lowest BCUT2D eigenvalue weighted by molar-refractivity contribution is 0.470. The summed E-state index contributed by atoms with van der Waals surface area (Å²) in [5.74, 6) is 0.338. The topological polar surface area (TPSA) is 32.3 Å². The second-order valence-corrected chi connectivity index (χ2v) is 4.95. The first-order valence-corrected chi connectivity index (χ1v) is 6.75. The van der Waals surface area contributed by atoms with E-state index in [1.807, 2.05) is 36.4 Å². The van der Waals surface area contributed by atoms with Crippen molar-refractivity contribution in [3.05, 3.63) is 71.8 Å².